The second kappa shape index (κ2) is 7.98. The van der Waals surface area contributed by atoms with Gasteiger partial charge < -0.3 is 21.5 Å². The molecule has 27 heavy (non-hydrogen) atoms. The Morgan fingerprint density at radius 3 is 2.59 bits per heavy atom. The minimum absolute atomic E-state index is 0.184. The van der Waals surface area contributed by atoms with Crippen LogP contribution in [0.1, 0.15) is 30.6 Å². The normalized spacial score (nSPS) is 17.7. The summed E-state index contributed by atoms with van der Waals surface area (Å²) in [7, 11) is 0. The second-order valence-electron chi connectivity index (χ2n) is 7.80. The Morgan fingerprint density at radius 1 is 1.22 bits per heavy atom. The molecule has 1 fully saturated rings. The molecule has 0 aromatic heterocycles. The van der Waals surface area contributed by atoms with E-state index in [-0.39, 0.29) is 5.91 Å². The largest absolute Gasteiger partial charge is 0.397 e. The van der Waals surface area contributed by atoms with E-state index in [1.165, 1.54) is 0 Å². The van der Waals surface area contributed by atoms with Crippen LogP contribution in [0.4, 0.5) is 17.1 Å². The van der Waals surface area contributed by atoms with E-state index in [1.54, 1.807) is 24.3 Å². The number of benzene rings is 2. The number of hydrogen-bond donors (Lipinski definition) is 4. The van der Waals surface area contributed by atoms with Crippen LogP contribution in [-0.4, -0.2) is 47.2 Å². The highest BCUT2D eigenvalue weighted by molar-refractivity contribution is 6.05. The number of nitrogens with zero attached hydrogens (tertiary/aromatic N) is 1. The third-order valence-electron chi connectivity index (χ3n) is 4.61. The second-order valence-corrected chi connectivity index (χ2v) is 7.80. The van der Waals surface area contributed by atoms with Gasteiger partial charge in [-0.2, -0.15) is 0 Å². The van der Waals surface area contributed by atoms with Crippen LogP contribution in [0.25, 0.3) is 0 Å². The van der Waals surface area contributed by atoms with Gasteiger partial charge in [-0.1, -0.05) is 12.1 Å². The van der Waals surface area contributed by atoms with E-state index in [2.05, 4.69) is 15.5 Å². The number of β-amino-alcohol motifs (C(OH)–C–C–N with tert-alkyl or cyclic N) is 1. The van der Waals surface area contributed by atoms with Gasteiger partial charge in [0.25, 0.3) is 5.91 Å². The van der Waals surface area contributed by atoms with E-state index in [1.807, 2.05) is 38.1 Å². The highest BCUT2D eigenvalue weighted by Crippen LogP contribution is 2.20. The van der Waals surface area contributed by atoms with Crippen molar-refractivity contribution in [3.8, 4) is 0 Å². The first kappa shape index (κ1) is 19.2. The SMILES string of the molecule is CC(C)(O)CN1CCC(Nc2ccc(C(=O)Nc3ccccc3N)cc2)C1. The highest BCUT2D eigenvalue weighted by Gasteiger charge is 2.26. The van der Waals surface area contributed by atoms with Crippen LogP contribution < -0.4 is 16.4 Å². The third kappa shape index (κ3) is 5.45. The molecule has 1 unspecified atom stereocenters. The molecular formula is C21H28N4O2. The van der Waals surface area contributed by atoms with Gasteiger partial charge in [-0.05, 0) is 56.7 Å². The van der Waals surface area contributed by atoms with Crippen LogP contribution in [-0.2, 0) is 0 Å². The minimum Gasteiger partial charge on any atom is -0.397 e. The molecule has 2 aromatic carbocycles. The van der Waals surface area contributed by atoms with Gasteiger partial charge in [0.15, 0.2) is 0 Å². The monoisotopic (exact) mass is 368 g/mol. The van der Waals surface area contributed by atoms with Crippen molar-refractivity contribution in [2.75, 3.05) is 36.0 Å². The average Bonchev–Trinajstić information content (AvgIpc) is 3.02. The molecule has 0 bridgehead atoms. The fraction of sp³-hybridized carbons (Fsp3) is 0.381. The molecular weight excluding hydrogens is 340 g/mol. The molecule has 1 amide bonds. The lowest BCUT2D eigenvalue weighted by molar-refractivity contribution is 0.0437. The summed E-state index contributed by atoms with van der Waals surface area (Å²) in [6.07, 6.45) is 1.03. The first-order valence-corrected chi connectivity index (χ1v) is 9.27. The van der Waals surface area contributed by atoms with Crippen LogP contribution >= 0.6 is 0 Å². The molecule has 6 nitrogen and oxygen atoms in total. The molecule has 144 valence electrons. The summed E-state index contributed by atoms with van der Waals surface area (Å²) in [6, 6.07) is 15.0. The molecule has 1 aliphatic heterocycles. The van der Waals surface area contributed by atoms with Crippen LogP contribution in [0.15, 0.2) is 48.5 Å². The first-order valence-electron chi connectivity index (χ1n) is 9.27. The summed E-state index contributed by atoms with van der Waals surface area (Å²) in [4.78, 5) is 14.6. The van der Waals surface area contributed by atoms with E-state index >= 15 is 0 Å². The molecule has 0 aliphatic carbocycles. The topological polar surface area (TPSA) is 90.6 Å². The third-order valence-corrected chi connectivity index (χ3v) is 4.61. The van der Waals surface area contributed by atoms with Crippen LogP contribution in [0.5, 0.6) is 0 Å². The molecule has 6 heteroatoms. The molecule has 0 spiro atoms. The summed E-state index contributed by atoms with van der Waals surface area (Å²) in [6.45, 7) is 6.22. The number of para-hydroxylation sites is 2. The van der Waals surface area contributed by atoms with Crippen molar-refractivity contribution in [2.45, 2.75) is 31.9 Å². The maximum atomic E-state index is 12.4. The van der Waals surface area contributed by atoms with Crippen molar-refractivity contribution < 1.29 is 9.90 Å². The number of carbonyl (C=O) groups excluding carboxylic acids is 1. The Kier molecular flexibility index (Phi) is 5.68. The van der Waals surface area contributed by atoms with E-state index in [0.717, 1.165) is 25.2 Å². The quantitative estimate of drug-likeness (QED) is 0.589. The number of aliphatic hydroxyl groups is 1. The smallest absolute Gasteiger partial charge is 0.255 e. The first-order chi connectivity index (χ1) is 12.8. The van der Waals surface area contributed by atoms with E-state index in [9.17, 15) is 9.90 Å². The number of nitrogens with two attached hydrogens (primary N) is 1. The maximum absolute atomic E-state index is 12.4. The van der Waals surface area contributed by atoms with Crippen molar-refractivity contribution in [2.24, 2.45) is 0 Å². The molecule has 1 aliphatic rings. The molecule has 0 radical (unpaired) electrons. The Morgan fingerprint density at radius 2 is 1.93 bits per heavy atom. The number of carbonyl (C=O) groups is 1. The summed E-state index contributed by atoms with van der Waals surface area (Å²) >= 11 is 0. The zero-order valence-corrected chi connectivity index (χ0v) is 15.9. The van der Waals surface area contributed by atoms with Gasteiger partial charge in [-0.3, -0.25) is 9.69 Å². The number of rotatable bonds is 6. The van der Waals surface area contributed by atoms with Crippen LogP contribution in [0.3, 0.4) is 0 Å². The van der Waals surface area contributed by atoms with Gasteiger partial charge >= 0.3 is 0 Å². The molecule has 5 N–H and O–H groups in total. The molecule has 2 aromatic rings. The van der Waals surface area contributed by atoms with Crippen molar-refractivity contribution in [1.29, 1.82) is 0 Å². The van der Waals surface area contributed by atoms with Gasteiger partial charge in [-0.15, -0.1) is 0 Å². The van der Waals surface area contributed by atoms with E-state index < -0.39 is 5.60 Å². The number of amides is 1. The van der Waals surface area contributed by atoms with Crippen LogP contribution in [0, 0.1) is 0 Å². The lowest BCUT2D eigenvalue weighted by Gasteiger charge is -2.25. The standard InChI is InChI=1S/C21H28N4O2/c1-21(2,27)14-25-12-11-17(13-25)23-16-9-7-15(8-10-16)20(26)24-19-6-4-3-5-18(19)22/h3-10,17,23,27H,11-14,22H2,1-2H3,(H,24,26). The van der Waals surface area contributed by atoms with E-state index in [4.69, 9.17) is 5.73 Å². The fourth-order valence-corrected chi connectivity index (χ4v) is 3.40. The molecule has 0 saturated carbocycles. The molecule has 3 rings (SSSR count). The van der Waals surface area contributed by atoms with Crippen molar-refractivity contribution in [3.05, 3.63) is 54.1 Å². The number of likely N-dealkylation sites (tertiary alicyclic amines) is 1. The van der Waals surface area contributed by atoms with Gasteiger partial charge in [-0.25, -0.2) is 0 Å². The van der Waals surface area contributed by atoms with Crippen molar-refractivity contribution >= 4 is 23.0 Å². The number of nitrogens with one attached hydrogen (secondary N) is 2. The average molecular weight is 368 g/mol. The predicted octanol–water partition coefficient (Wildman–Crippen LogP) is 2.78. The predicted molar refractivity (Wildman–Crippen MR) is 110 cm³/mol. The Hall–Kier alpha value is -2.57. The van der Waals surface area contributed by atoms with Gasteiger partial charge in [0, 0.05) is 36.9 Å². The van der Waals surface area contributed by atoms with Crippen LogP contribution in [0.2, 0.25) is 0 Å². The number of nitrogen functional groups attached to an aromatic ring is 1. The molecule has 1 heterocycles. The van der Waals surface area contributed by atoms with Gasteiger partial charge in [0.05, 0.1) is 17.0 Å². The van der Waals surface area contributed by atoms with E-state index in [0.29, 0.717) is 29.5 Å². The zero-order chi connectivity index (χ0) is 19.4. The van der Waals surface area contributed by atoms with Gasteiger partial charge in [0.2, 0.25) is 0 Å². The number of anilines is 3. The van der Waals surface area contributed by atoms with Gasteiger partial charge in [0.1, 0.15) is 0 Å². The lowest BCUT2D eigenvalue weighted by Crippen LogP contribution is -2.38. The summed E-state index contributed by atoms with van der Waals surface area (Å²) in [5.74, 6) is -0.184. The fourth-order valence-electron chi connectivity index (χ4n) is 3.40. The summed E-state index contributed by atoms with van der Waals surface area (Å²) < 4.78 is 0. The summed E-state index contributed by atoms with van der Waals surface area (Å²) in [5.41, 5.74) is 7.92. The summed E-state index contributed by atoms with van der Waals surface area (Å²) in [5, 5.41) is 16.3. The van der Waals surface area contributed by atoms with Crippen molar-refractivity contribution in [1.82, 2.24) is 4.90 Å². The highest BCUT2D eigenvalue weighted by atomic mass is 16.3. The Balaban J connectivity index is 1.55. The van der Waals surface area contributed by atoms with Crippen molar-refractivity contribution in [3.63, 3.8) is 0 Å². The minimum atomic E-state index is -0.675. The lowest BCUT2D eigenvalue weighted by atomic mass is 10.1. The Bertz CT molecular complexity index is 784. The zero-order valence-electron chi connectivity index (χ0n) is 15.9. The number of hydrogen-bond acceptors (Lipinski definition) is 5. The maximum Gasteiger partial charge on any atom is 0.255 e. The Labute approximate surface area is 160 Å². The molecule has 1 atom stereocenters. The molecule has 1 saturated heterocycles.